The summed E-state index contributed by atoms with van der Waals surface area (Å²) in [5.74, 6) is 0. The second-order valence-corrected chi connectivity index (χ2v) is 9.02. The van der Waals surface area contributed by atoms with Crippen LogP contribution in [0.15, 0.2) is 86.6 Å². The molecule has 0 aliphatic carbocycles. The minimum atomic E-state index is -4.51. The van der Waals surface area contributed by atoms with Crippen LogP contribution in [0.5, 0.6) is 0 Å². The first kappa shape index (κ1) is 19.7. The van der Waals surface area contributed by atoms with E-state index in [0.717, 1.165) is 11.5 Å². The van der Waals surface area contributed by atoms with E-state index in [4.69, 9.17) is 5.73 Å². The molecule has 0 amide bonds. The van der Waals surface area contributed by atoms with Crippen LogP contribution in [0.25, 0.3) is 10.8 Å². The van der Waals surface area contributed by atoms with Crippen molar-refractivity contribution in [2.24, 2.45) is 10.2 Å². The molecular weight excluding hydrogens is 402 g/mol. The molecule has 0 saturated carbocycles. The number of rotatable bonds is 5. The summed E-state index contributed by atoms with van der Waals surface area (Å²) in [6, 6.07) is 13.1. The van der Waals surface area contributed by atoms with Crippen LogP contribution >= 0.6 is 0 Å². The maximum Gasteiger partial charge on any atom is 0.295 e. The fourth-order valence-corrected chi connectivity index (χ4v) is 3.98. The van der Waals surface area contributed by atoms with E-state index >= 15 is 0 Å². The lowest BCUT2D eigenvalue weighted by molar-refractivity contribution is 0.484. The fourth-order valence-electron chi connectivity index (χ4n) is 2.56. The molecule has 0 heterocycles. The van der Waals surface area contributed by atoms with Gasteiger partial charge in [-0.05, 0) is 30.3 Å². The Morgan fingerprint density at radius 2 is 1.54 bits per heavy atom. The topological polar surface area (TPSA) is 139 Å². The van der Waals surface area contributed by atoms with Crippen molar-refractivity contribution in [2.75, 3.05) is 5.73 Å². The van der Waals surface area contributed by atoms with E-state index in [1.807, 2.05) is 0 Å². The minimum Gasteiger partial charge on any atom is -0.396 e. The van der Waals surface area contributed by atoms with Gasteiger partial charge in [0.25, 0.3) is 10.1 Å². The van der Waals surface area contributed by atoms with E-state index in [1.165, 1.54) is 30.3 Å². The largest absolute Gasteiger partial charge is 0.396 e. The molecule has 3 aromatic carbocycles. The Kier molecular flexibility index (Phi) is 5.02. The Labute approximate surface area is 161 Å². The fraction of sp³-hybridized carbons (Fsp3) is 0. The zero-order valence-corrected chi connectivity index (χ0v) is 16.0. The Balaban J connectivity index is 2.07. The zero-order valence-electron chi connectivity index (χ0n) is 14.3. The van der Waals surface area contributed by atoms with E-state index < -0.39 is 20.0 Å². The number of hydrogen-bond acceptors (Lipinski definition) is 7. The molecule has 0 atom stereocenters. The summed E-state index contributed by atoms with van der Waals surface area (Å²) < 4.78 is 56.4. The lowest BCUT2D eigenvalue weighted by atomic mass is 10.1. The maximum atomic E-state index is 11.7. The predicted molar refractivity (Wildman–Crippen MR) is 106 cm³/mol. The molecule has 0 aliphatic heterocycles. The van der Waals surface area contributed by atoms with E-state index in [-0.39, 0.29) is 26.6 Å². The van der Waals surface area contributed by atoms with Gasteiger partial charge in [0.2, 0.25) is 0 Å². The first-order valence-corrected chi connectivity index (χ1v) is 10.8. The molecule has 0 unspecified atom stereocenters. The van der Waals surface area contributed by atoms with Crippen molar-refractivity contribution < 1.29 is 21.4 Å². The van der Waals surface area contributed by atoms with E-state index in [2.05, 4.69) is 16.8 Å². The van der Waals surface area contributed by atoms with E-state index in [9.17, 15) is 21.4 Å². The van der Waals surface area contributed by atoms with Gasteiger partial charge < -0.3 is 5.73 Å². The molecule has 8 nitrogen and oxygen atoms in total. The molecule has 0 spiro atoms. The van der Waals surface area contributed by atoms with Gasteiger partial charge in [-0.25, -0.2) is 8.42 Å². The summed E-state index contributed by atoms with van der Waals surface area (Å²) in [6.45, 7) is 3.26. The number of anilines is 1. The number of fused-ring (bicyclic) bond motifs is 1. The van der Waals surface area contributed by atoms with Crippen LogP contribution in [0.1, 0.15) is 0 Å². The number of hydrogen-bond donors (Lipinski definition) is 2. The number of nitrogens with two attached hydrogens (primary N) is 1. The van der Waals surface area contributed by atoms with Gasteiger partial charge in [0.05, 0.1) is 16.3 Å². The lowest BCUT2D eigenvalue weighted by Gasteiger charge is -2.09. The molecule has 0 aromatic heterocycles. The smallest absolute Gasteiger partial charge is 0.295 e. The third kappa shape index (κ3) is 3.79. The molecule has 144 valence electrons. The van der Waals surface area contributed by atoms with Crippen molar-refractivity contribution in [2.45, 2.75) is 9.79 Å². The van der Waals surface area contributed by atoms with Gasteiger partial charge in [-0.2, -0.15) is 13.5 Å². The average Bonchev–Trinajstić information content (AvgIpc) is 2.67. The van der Waals surface area contributed by atoms with Crippen LogP contribution in [0.4, 0.5) is 17.1 Å². The zero-order chi connectivity index (χ0) is 20.5. The van der Waals surface area contributed by atoms with Crippen molar-refractivity contribution >= 4 is 47.8 Å². The van der Waals surface area contributed by atoms with Crippen molar-refractivity contribution in [1.82, 2.24) is 0 Å². The first-order valence-electron chi connectivity index (χ1n) is 7.81. The molecule has 0 radical (unpaired) electrons. The number of nitrogen functional groups attached to an aromatic ring is 1. The highest BCUT2D eigenvalue weighted by Crippen LogP contribution is 2.36. The van der Waals surface area contributed by atoms with Crippen molar-refractivity contribution in [1.29, 1.82) is 0 Å². The SMILES string of the molecule is C=CS(=O)(=O)c1ccc(N=Nc2cc(S(=O)(=O)O)c3ccccc3c2N)cc1. The monoisotopic (exact) mass is 417 g/mol. The minimum absolute atomic E-state index is 0.0501. The first-order chi connectivity index (χ1) is 13.1. The normalized spacial score (nSPS) is 12.5. The van der Waals surface area contributed by atoms with E-state index in [0.29, 0.717) is 11.1 Å². The van der Waals surface area contributed by atoms with Crippen molar-refractivity contribution in [3.8, 4) is 0 Å². The van der Waals surface area contributed by atoms with Gasteiger partial charge in [0.15, 0.2) is 9.84 Å². The molecule has 0 fully saturated rings. The summed E-state index contributed by atoms with van der Waals surface area (Å²) >= 11 is 0. The predicted octanol–water partition coefficient (Wildman–Crippen LogP) is 4.00. The van der Waals surface area contributed by atoms with Crippen LogP contribution < -0.4 is 5.73 Å². The Morgan fingerprint density at radius 3 is 2.11 bits per heavy atom. The quantitative estimate of drug-likeness (QED) is 0.365. The molecule has 28 heavy (non-hydrogen) atoms. The molecule has 0 saturated heterocycles. The van der Waals surface area contributed by atoms with Crippen molar-refractivity contribution in [3.05, 3.63) is 66.6 Å². The average molecular weight is 417 g/mol. The van der Waals surface area contributed by atoms with Gasteiger partial charge in [-0.15, -0.1) is 5.11 Å². The van der Waals surface area contributed by atoms with Gasteiger partial charge in [-0.1, -0.05) is 30.8 Å². The molecule has 3 N–H and O–H groups in total. The third-order valence-electron chi connectivity index (χ3n) is 3.96. The number of benzene rings is 3. The maximum absolute atomic E-state index is 11.7. The summed E-state index contributed by atoms with van der Waals surface area (Å²) in [7, 11) is -8.07. The molecule has 0 bridgehead atoms. The van der Waals surface area contributed by atoms with Gasteiger partial charge in [0, 0.05) is 16.2 Å². The van der Waals surface area contributed by atoms with Gasteiger partial charge in [0.1, 0.15) is 10.6 Å². The second-order valence-electron chi connectivity index (χ2n) is 5.73. The highest BCUT2D eigenvalue weighted by molar-refractivity contribution is 7.94. The van der Waals surface area contributed by atoms with Crippen LogP contribution in [0, 0.1) is 0 Å². The number of nitrogens with zero attached hydrogens (tertiary/aromatic N) is 2. The van der Waals surface area contributed by atoms with Gasteiger partial charge in [-0.3, -0.25) is 4.55 Å². The Hall–Kier alpha value is -3.08. The standard InChI is InChI=1S/C18H15N3O5S2/c1-2-27(22,23)13-9-7-12(8-10-13)20-21-16-11-17(28(24,25)26)14-5-3-4-6-15(14)18(16)19/h2-11H,1,19H2,(H,24,25,26). The summed E-state index contributed by atoms with van der Waals surface area (Å²) in [5.41, 5.74) is 6.64. The van der Waals surface area contributed by atoms with Crippen LogP contribution in [0.2, 0.25) is 0 Å². The van der Waals surface area contributed by atoms with E-state index in [1.54, 1.807) is 18.2 Å². The van der Waals surface area contributed by atoms with Crippen LogP contribution in [0.3, 0.4) is 0 Å². The summed E-state index contributed by atoms with van der Waals surface area (Å²) in [6.07, 6.45) is 0. The van der Waals surface area contributed by atoms with Crippen LogP contribution in [-0.2, 0) is 20.0 Å². The third-order valence-corrected chi connectivity index (χ3v) is 6.22. The molecule has 0 aliphatic rings. The molecule has 10 heteroatoms. The number of azo groups is 1. The summed E-state index contributed by atoms with van der Waals surface area (Å²) in [4.78, 5) is -0.279. The Morgan fingerprint density at radius 1 is 0.929 bits per heavy atom. The number of sulfone groups is 1. The molecule has 3 rings (SSSR count). The Bertz CT molecular complexity index is 1310. The van der Waals surface area contributed by atoms with Crippen molar-refractivity contribution in [3.63, 3.8) is 0 Å². The molecular formula is C18H15N3O5S2. The highest BCUT2D eigenvalue weighted by atomic mass is 32.2. The lowest BCUT2D eigenvalue weighted by Crippen LogP contribution is -2.01. The van der Waals surface area contributed by atoms with Crippen LogP contribution in [-0.4, -0.2) is 21.4 Å². The summed E-state index contributed by atoms with van der Waals surface area (Å²) in [5, 5.41) is 9.44. The van der Waals surface area contributed by atoms with Gasteiger partial charge >= 0.3 is 0 Å². The second kappa shape index (κ2) is 7.15. The molecule has 3 aromatic rings. The highest BCUT2D eigenvalue weighted by Gasteiger charge is 2.18.